The molecule has 2 heterocycles. The Hall–Kier alpha value is -3.32. The van der Waals surface area contributed by atoms with Crippen molar-refractivity contribution in [3.8, 4) is 11.4 Å². The number of unbranched alkanes of at least 4 members (excludes halogenated alkanes) is 1. The van der Waals surface area contributed by atoms with Gasteiger partial charge in [0.05, 0.1) is 17.8 Å². The molecule has 0 saturated carbocycles. The second-order valence-electron chi connectivity index (χ2n) is 7.76. The van der Waals surface area contributed by atoms with Gasteiger partial charge in [0.1, 0.15) is 11.3 Å². The van der Waals surface area contributed by atoms with Crippen LogP contribution in [0.1, 0.15) is 30.3 Å². The van der Waals surface area contributed by atoms with Crippen molar-refractivity contribution in [3.63, 3.8) is 0 Å². The van der Waals surface area contributed by atoms with E-state index in [2.05, 4.69) is 12.0 Å². The third-order valence-corrected chi connectivity index (χ3v) is 6.01. The second kappa shape index (κ2) is 8.67. The van der Waals surface area contributed by atoms with Crippen LogP contribution in [0.2, 0.25) is 5.02 Å². The predicted octanol–water partition coefficient (Wildman–Crippen LogP) is 4.41. The zero-order chi connectivity index (χ0) is 23.0. The number of para-hydroxylation sites is 1. The van der Waals surface area contributed by atoms with E-state index in [1.54, 1.807) is 30.1 Å². The Morgan fingerprint density at radius 3 is 2.66 bits per heavy atom. The van der Waals surface area contributed by atoms with Gasteiger partial charge in [-0.1, -0.05) is 43.1 Å². The van der Waals surface area contributed by atoms with Gasteiger partial charge in [-0.05, 0) is 30.7 Å². The number of carbonyl (C=O) groups is 1. The quantitative estimate of drug-likeness (QED) is 0.434. The van der Waals surface area contributed by atoms with Crippen molar-refractivity contribution in [2.45, 2.75) is 19.8 Å². The van der Waals surface area contributed by atoms with Crippen molar-refractivity contribution < 1.29 is 9.53 Å². The number of aromatic nitrogens is 3. The number of halogens is 1. The molecule has 8 heteroatoms. The topological polar surface area (TPSA) is 69.4 Å². The molecule has 0 N–H and O–H groups in total. The molecule has 0 radical (unpaired) electrons. The van der Waals surface area contributed by atoms with Gasteiger partial charge in [0.15, 0.2) is 5.69 Å². The maximum atomic E-state index is 13.6. The van der Waals surface area contributed by atoms with Crippen molar-refractivity contribution in [2.24, 2.45) is 7.05 Å². The Bertz CT molecular complexity index is 1390. The molecule has 0 aliphatic rings. The highest BCUT2D eigenvalue weighted by Gasteiger charge is 2.25. The van der Waals surface area contributed by atoms with E-state index < -0.39 is 0 Å². The summed E-state index contributed by atoms with van der Waals surface area (Å²) in [4.78, 5) is 28.7. The molecule has 0 spiro atoms. The van der Waals surface area contributed by atoms with Gasteiger partial charge in [0, 0.05) is 36.9 Å². The molecule has 0 aliphatic heterocycles. The molecular weight excluding hydrogens is 428 g/mol. The first-order chi connectivity index (χ1) is 15.4. The van der Waals surface area contributed by atoms with E-state index in [9.17, 15) is 9.59 Å². The monoisotopic (exact) mass is 452 g/mol. The zero-order valence-corrected chi connectivity index (χ0v) is 19.3. The number of hydrogen-bond acceptors (Lipinski definition) is 4. The van der Waals surface area contributed by atoms with Crippen molar-refractivity contribution in [2.75, 3.05) is 20.7 Å². The summed E-state index contributed by atoms with van der Waals surface area (Å²) in [6, 6.07) is 12.6. The minimum absolute atomic E-state index is 0.229. The van der Waals surface area contributed by atoms with E-state index in [1.165, 1.54) is 11.8 Å². The number of rotatable bonds is 6. The molecule has 0 unspecified atom stereocenters. The first kappa shape index (κ1) is 21.9. The second-order valence-corrected chi connectivity index (χ2v) is 8.17. The number of ether oxygens (including phenoxy) is 1. The lowest BCUT2D eigenvalue weighted by atomic mass is 10.1. The van der Waals surface area contributed by atoms with Gasteiger partial charge in [-0.15, -0.1) is 0 Å². The highest BCUT2D eigenvalue weighted by atomic mass is 35.5. The fourth-order valence-electron chi connectivity index (χ4n) is 3.97. The molecule has 166 valence electrons. The Kier molecular flexibility index (Phi) is 5.93. The number of aryl methyl sites for hydroxylation is 1. The molecule has 4 rings (SSSR count). The van der Waals surface area contributed by atoms with Crippen molar-refractivity contribution in [3.05, 3.63) is 63.5 Å². The van der Waals surface area contributed by atoms with Crippen LogP contribution in [0.5, 0.6) is 5.75 Å². The van der Waals surface area contributed by atoms with Crippen molar-refractivity contribution >= 4 is 39.3 Å². The first-order valence-electron chi connectivity index (χ1n) is 10.5. The van der Waals surface area contributed by atoms with Gasteiger partial charge in [0.2, 0.25) is 0 Å². The molecule has 2 aromatic heterocycles. The lowest BCUT2D eigenvalue weighted by molar-refractivity contribution is 0.0788. The maximum Gasteiger partial charge on any atom is 0.296 e. The molecule has 0 bridgehead atoms. The number of benzene rings is 2. The number of hydrogen-bond donors (Lipinski definition) is 0. The van der Waals surface area contributed by atoms with Crippen LogP contribution >= 0.6 is 11.6 Å². The normalized spacial score (nSPS) is 11.3. The van der Waals surface area contributed by atoms with Crippen LogP contribution in [-0.2, 0) is 7.05 Å². The van der Waals surface area contributed by atoms with E-state index in [0.29, 0.717) is 33.9 Å². The zero-order valence-electron chi connectivity index (χ0n) is 18.6. The van der Waals surface area contributed by atoms with Gasteiger partial charge < -0.3 is 14.2 Å². The largest absolute Gasteiger partial charge is 0.495 e. The third-order valence-electron chi connectivity index (χ3n) is 5.72. The van der Waals surface area contributed by atoms with Crippen LogP contribution in [0.4, 0.5) is 0 Å². The minimum atomic E-state index is -0.326. The van der Waals surface area contributed by atoms with Crippen LogP contribution in [0.25, 0.3) is 27.5 Å². The summed E-state index contributed by atoms with van der Waals surface area (Å²) in [6.07, 6.45) is 1.85. The molecular formula is C24H25ClN4O3. The van der Waals surface area contributed by atoms with Crippen LogP contribution in [-0.4, -0.2) is 45.9 Å². The molecule has 2 aromatic carbocycles. The van der Waals surface area contributed by atoms with Gasteiger partial charge in [-0.3, -0.25) is 9.59 Å². The summed E-state index contributed by atoms with van der Waals surface area (Å²) in [5, 5.41) is 6.30. The Morgan fingerprint density at radius 1 is 1.22 bits per heavy atom. The van der Waals surface area contributed by atoms with Crippen LogP contribution in [0.3, 0.4) is 0 Å². The predicted molar refractivity (Wildman–Crippen MR) is 127 cm³/mol. The molecule has 0 saturated heterocycles. The van der Waals surface area contributed by atoms with Gasteiger partial charge in [-0.25, -0.2) is 0 Å². The average molecular weight is 453 g/mol. The van der Waals surface area contributed by atoms with E-state index in [0.717, 1.165) is 23.7 Å². The van der Waals surface area contributed by atoms with Crippen LogP contribution in [0.15, 0.2) is 47.3 Å². The Labute approximate surface area is 190 Å². The number of amides is 1. The Morgan fingerprint density at radius 2 is 1.97 bits per heavy atom. The first-order valence-corrected chi connectivity index (χ1v) is 10.9. The maximum absolute atomic E-state index is 13.6. The van der Waals surface area contributed by atoms with Gasteiger partial charge in [-0.2, -0.15) is 9.78 Å². The average Bonchev–Trinajstić information content (AvgIpc) is 3.10. The van der Waals surface area contributed by atoms with Crippen molar-refractivity contribution in [1.29, 1.82) is 0 Å². The number of fused-ring (bicyclic) bond motifs is 3. The van der Waals surface area contributed by atoms with Gasteiger partial charge >= 0.3 is 0 Å². The van der Waals surface area contributed by atoms with E-state index in [-0.39, 0.29) is 17.2 Å². The molecule has 7 nitrogen and oxygen atoms in total. The standard InChI is InChI=1S/C24H25ClN4O3/c1-5-6-13-27(2)23(30)21-20-16-9-7-8-10-18(16)28(3)22(20)24(31)29(26-21)15-11-12-19(32-4)17(25)14-15/h7-12,14H,5-6,13H2,1-4H3. The lowest BCUT2D eigenvalue weighted by Crippen LogP contribution is -2.32. The highest BCUT2D eigenvalue weighted by molar-refractivity contribution is 6.32. The fourth-order valence-corrected chi connectivity index (χ4v) is 4.22. The molecule has 1 amide bonds. The van der Waals surface area contributed by atoms with Crippen LogP contribution in [0, 0.1) is 0 Å². The summed E-state index contributed by atoms with van der Waals surface area (Å²) in [5.74, 6) is 0.262. The smallest absolute Gasteiger partial charge is 0.296 e. The highest BCUT2D eigenvalue weighted by Crippen LogP contribution is 2.30. The summed E-state index contributed by atoms with van der Waals surface area (Å²) in [7, 11) is 5.11. The van der Waals surface area contributed by atoms with E-state index >= 15 is 0 Å². The fraction of sp³-hybridized carbons (Fsp3) is 0.292. The molecule has 4 aromatic rings. The van der Waals surface area contributed by atoms with Gasteiger partial charge in [0.25, 0.3) is 11.5 Å². The van der Waals surface area contributed by atoms with Crippen LogP contribution < -0.4 is 10.3 Å². The van der Waals surface area contributed by atoms with Crippen molar-refractivity contribution in [1.82, 2.24) is 19.2 Å². The Balaban J connectivity index is 2.05. The number of nitrogens with zero attached hydrogens (tertiary/aromatic N) is 4. The molecule has 32 heavy (non-hydrogen) atoms. The number of methoxy groups -OCH3 is 1. The lowest BCUT2D eigenvalue weighted by Gasteiger charge is -2.18. The van der Waals surface area contributed by atoms with E-state index in [1.807, 2.05) is 35.9 Å². The SMILES string of the molecule is CCCCN(C)C(=O)c1nn(-c2ccc(OC)c(Cl)c2)c(=O)c2c1c1ccccc1n2C. The summed E-state index contributed by atoms with van der Waals surface area (Å²) in [6.45, 7) is 2.68. The summed E-state index contributed by atoms with van der Waals surface area (Å²) in [5.41, 5.74) is 1.64. The summed E-state index contributed by atoms with van der Waals surface area (Å²) < 4.78 is 8.28. The molecule has 0 aliphatic carbocycles. The molecule has 0 atom stereocenters. The molecule has 0 fully saturated rings. The number of carbonyl (C=O) groups excluding carboxylic acids is 1. The minimum Gasteiger partial charge on any atom is -0.495 e. The van der Waals surface area contributed by atoms with E-state index in [4.69, 9.17) is 16.3 Å². The summed E-state index contributed by atoms with van der Waals surface area (Å²) >= 11 is 6.31. The third kappa shape index (κ3) is 3.52.